The van der Waals surface area contributed by atoms with Crippen LogP contribution in [0.4, 0.5) is 0 Å². The summed E-state index contributed by atoms with van der Waals surface area (Å²) >= 11 is 6.10. The Morgan fingerprint density at radius 1 is 1.07 bits per heavy atom. The van der Waals surface area contributed by atoms with E-state index in [2.05, 4.69) is 10.5 Å². The minimum atomic E-state index is -0.589. The predicted molar refractivity (Wildman–Crippen MR) is 107 cm³/mol. The number of aromatic hydroxyl groups is 2. The van der Waals surface area contributed by atoms with Crippen molar-refractivity contribution in [2.45, 2.75) is 6.61 Å². The molecule has 142 valence electrons. The number of ether oxygens (including phenoxy) is 1. The zero-order valence-electron chi connectivity index (χ0n) is 14.7. The molecule has 28 heavy (non-hydrogen) atoms. The summed E-state index contributed by atoms with van der Waals surface area (Å²) < 4.78 is 5.70. The maximum Gasteiger partial charge on any atom is 0.275 e. The normalized spacial score (nSPS) is 10.8. The molecule has 0 aliphatic heterocycles. The van der Waals surface area contributed by atoms with Crippen LogP contribution in [-0.2, 0) is 6.61 Å². The molecule has 0 fully saturated rings. The van der Waals surface area contributed by atoms with Crippen LogP contribution in [0.5, 0.6) is 17.2 Å². The summed E-state index contributed by atoms with van der Waals surface area (Å²) in [5.41, 5.74) is 3.98. The third-order valence-electron chi connectivity index (χ3n) is 3.84. The Kier molecular flexibility index (Phi) is 6.14. The monoisotopic (exact) mass is 396 g/mol. The summed E-state index contributed by atoms with van der Waals surface area (Å²) in [5.74, 6) is -0.370. The lowest BCUT2D eigenvalue weighted by Gasteiger charge is -2.07. The Morgan fingerprint density at radius 2 is 1.82 bits per heavy atom. The van der Waals surface area contributed by atoms with Gasteiger partial charge in [-0.2, -0.15) is 5.10 Å². The van der Waals surface area contributed by atoms with E-state index in [1.807, 2.05) is 24.3 Å². The van der Waals surface area contributed by atoms with Crippen LogP contribution in [0.25, 0.3) is 0 Å². The fraction of sp³-hybridized carbons (Fsp3) is 0.0476. The number of hydrazone groups is 1. The Morgan fingerprint density at radius 3 is 2.54 bits per heavy atom. The molecule has 3 aromatic rings. The van der Waals surface area contributed by atoms with Crippen LogP contribution in [0.2, 0.25) is 5.02 Å². The summed E-state index contributed by atoms with van der Waals surface area (Å²) in [6.45, 7) is 0.360. The van der Waals surface area contributed by atoms with Crippen LogP contribution < -0.4 is 10.2 Å². The Balaban J connectivity index is 1.55. The van der Waals surface area contributed by atoms with Crippen LogP contribution in [0.3, 0.4) is 0 Å². The van der Waals surface area contributed by atoms with E-state index in [1.165, 1.54) is 18.3 Å². The Bertz CT molecular complexity index is 1000. The van der Waals surface area contributed by atoms with Crippen molar-refractivity contribution >= 4 is 23.7 Å². The number of carbonyl (C=O) groups is 1. The lowest BCUT2D eigenvalue weighted by atomic mass is 10.2. The first-order chi connectivity index (χ1) is 13.5. The molecule has 7 heteroatoms. The van der Waals surface area contributed by atoms with Crippen LogP contribution in [-0.4, -0.2) is 22.3 Å². The second-order valence-corrected chi connectivity index (χ2v) is 6.26. The van der Waals surface area contributed by atoms with Gasteiger partial charge in [-0.25, -0.2) is 5.43 Å². The first-order valence-corrected chi connectivity index (χ1v) is 8.72. The smallest absolute Gasteiger partial charge is 0.275 e. The average Bonchev–Trinajstić information content (AvgIpc) is 2.68. The molecule has 0 bridgehead atoms. The molecule has 0 spiro atoms. The highest BCUT2D eigenvalue weighted by Gasteiger charge is 2.10. The van der Waals surface area contributed by atoms with Crippen molar-refractivity contribution in [3.05, 3.63) is 88.4 Å². The Labute approximate surface area is 166 Å². The Hall–Kier alpha value is -3.51. The van der Waals surface area contributed by atoms with Crippen molar-refractivity contribution in [2.24, 2.45) is 5.10 Å². The molecule has 0 unspecified atom stereocenters. The fourth-order valence-corrected chi connectivity index (χ4v) is 2.55. The zero-order valence-corrected chi connectivity index (χ0v) is 15.4. The molecule has 0 atom stereocenters. The number of benzene rings is 3. The first kappa shape index (κ1) is 19.3. The van der Waals surface area contributed by atoms with Gasteiger partial charge in [-0.05, 0) is 48.0 Å². The third kappa shape index (κ3) is 5.02. The SMILES string of the molecule is O=C(N/N=C/c1ccc(OCc2ccccc2Cl)cc1)c1ccc(O)cc1O. The number of phenolic OH excluding ortho intramolecular Hbond substituents is 2. The van der Waals surface area contributed by atoms with Gasteiger partial charge in [0, 0.05) is 16.7 Å². The molecule has 0 aliphatic rings. The molecule has 0 radical (unpaired) electrons. The summed E-state index contributed by atoms with van der Waals surface area (Å²) in [4.78, 5) is 12.0. The molecule has 3 N–H and O–H groups in total. The van der Waals surface area contributed by atoms with Crippen LogP contribution >= 0.6 is 11.6 Å². The number of nitrogens with zero attached hydrogens (tertiary/aromatic N) is 1. The zero-order chi connectivity index (χ0) is 19.9. The van der Waals surface area contributed by atoms with Crippen molar-refractivity contribution in [2.75, 3.05) is 0 Å². The van der Waals surface area contributed by atoms with Gasteiger partial charge in [0.1, 0.15) is 23.9 Å². The van der Waals surface area contributed by atoms with E-state index in [0.717, 1.165) is 17.2 Å². The van der Waals surface area contributed by atoms with Crippen molar-refractivity contribution in [3.8, 4) is 17.2 Å². The van der Waals surface area contributed by atoms with E-state index in [0.29, 0.717) is 17.4 Å². The maximum atomic E-state index is 12.0. The van der Waals surface area contributed by atoms with E-state index in [1.54, 1.807) is 24.3 Å². The molecular weight excluding hydrogens is 380 g/mol. The van der Waals surface area contributed by atoms with Crippen molar-refractivity contribution in [1.29, 1.82) is 0 Å². The second kappa shape index (κ2) is 8.92. The van der Waals surface area contributed by atoms with Gasteiger partial charge in [0.2, 0.25) is 0 Å². The highest BCUT2D eigenvalue weighted by atomic mass is 35.5. The van der Waals surface area contributed by atoms with E-state index in [-0.39, 0.29) is 17.1 Å². The number of rotatable bonds is 6. The predicted octanol–water partition coefficient (Wildman–Crippen LogP) is 4.09. The van der Waals surface area contributed by atoms with Gasteiger partial charge in [-0.1, -0.05) is 29.8 Å². The topological polar surface area (TPSA) is 91.2 Å². The van der Waals surface area contributed by atoms with E-state index >= 15 is 0 Å². The number of nitrogens with one attached hydrogen (secondary N) is 1. The molecule has 3 rings (SSSR count). The molecule has 0 saturated heterocycles. The fourth-order valence-electron chi connectivity index (χ4n) is 2.36. The number of phenols is 2. The highest BCUT2D eigenvalue weighted by Crippen LogP contribution is 2.22. The summed E-state index contributed by atoms with van der Waals surface area (Å²) in [6.07, 6.45) is 1.47. The molecule has 0 aromatic heterocycles. The van der Waals surface area contributed by atoms with Gasteiger partial charge >= 0.3 is 0 Å². The molecule has 0 heterocycles. The van der Waals surface area contributed by atoms with Crippen LogP contribution in [0.1, 0.15) is 21.5 Å². The quantitative estimate of drug-likeness (QED) is 0.432. The highest BCUT2D eigenvalue weighted by molar-refractivity contribution is 6.31. The summed E-state index contributed by atoms with van der Waals surface area (Å²) in [7, 11) is 0. The summed E-state index contributed by atoms with van der Waals surface area (Å²) in [6, 6.07) is 18.3. The van der Waals surface area contributed by atoms with Gasteiger partial charge in [0.05, 0.1) is 11.8 Å². The molecule has 1 amide bonds. The number of amides is 1. The van der Waals surface area contributed by atoms with Gasteiger partial charge in [-0.15, -0.1) is 0 Å². The minimum absolute atomic E-state index is 0.0123. The third-order valence-corrected chi connectivity index (χ3v) is 4.21. The number of carbonyl (C=O) groups excluding carboxylic acids is 1. The van der Waals surface area contributed by atoms with Crippen LogP contribution in [0.15, 0.2) is 71.8 Å². The summed E-state index contributed by atoms with van der Waals surface area (Å²) in [5, 5.41) is 23.4. The van der Waals surface area contributed by atoms with Crippen molar-refractivity contribution in [3.63, 3.8) is 0 Å². The maximum absolute atomic E-state index is 12.0. The van der Waals surface area contributed by atoms with Crippen LogP contribution in [0, 0.1) is 0 Å². The second-order valence-electron chi connectivity index (χ2n) is 5.85. The van der Waals surface area contributed by atoms with Crippen molar-refractivity contribution in [1.82, 2.24) is 5.43 Å². The molecule has 3 aromatic carbocycles. The number of hydrogen-bond acceptors (Lipinski definition) is 5. The first-order valence-electron chi connectivity index (χ1n) is 8.34. The molecular formula is C21H17ClN2O4. The van der Waals surface area contributed by atoms with Crippen molar-refractivity contribution < 1.29 is 19.7 Å². The largest absolute Gasteiger partial charge is 0.508 e. The number of hydrogen-bond donors (Lipinski definition) is 3. The van der Waals surface area contributed by atoms with E-state index in [9.17, 15) is 15.0 Å². The average molecular weight is 397 g/mol. The van der Waals surface area contributed by atoms with Gasteiger partial charge in [-0.3, -0.25) is 4.79 Å². The van der Waals surface area contributed by atoms with E-state index in [4.69, 9.17) is 16.3 Å². The number of halogens is 1. The molecule has 6 nitrogen and oxygen atoms in total. The standard InChI is InChI=1S/C21H17ClN2O4/c22-19-4-2-1-3-15(19)13-28-17-8-5-14(6-9-17)12-23-24-21(27)18-10-7-16(25)11-20(18)26/h1-12,25-26H,13H2,(H,24,27)/b23-12+. The minimum Gasteiger partial charge on any atom is -0.508 e. The van der Waals surface area contributed by atoms with Gasteiger partial charge < -0.3 is 14.9 Å². The van der Waals surface area contributed by atoms with Gasteiger partial charge in [0.25, 0.3) is 5.91 Å². The lowest BCUT2D eigenvalue weighted by Crippen LogP contribution is -2.17. The lowest BCUT2D eigenvalue weighted by molar-refractivity contribution is 0.0952. The van der Waals surface area contributed by atoms with E-state index < -0.39 is 5.91 Å². The van der Waals surface area contributed by atoms with Gasteiger partial charge in [0.15, 0.2) is 0 Å². The molecule has 0 aliphatic carbocycles. The molecule has 0 saturated carbocycles.